The minimum atomic E-state index is -1.14. The molecule has 0 aromatic heterocycles. The van der Waals surface area contributed by atoms with Gasteiger partial charge in [0, 0.05) is 17.4 Å². The molecular weight excluding hydrogens is 311 g/mol. The number of fused-ring (bicyclic) bond motifs is 1. The SMILES string of the molecule is CC[C@]1(NC(=O)[C@@H](C)NC(=O)OC(C)(C)C)CC[C@@H]2[C@H]1[C@@]2(F)CC. The Bertz CT molecular complexity index is 519. The fraction of sp³-hybridized carbons (Fsp3) is 0.889. The molecule has 0 aliphatic heterocycles. The van der Waals surface area contributed by atoms with Crippen molar-refractivity contribution in [3.63, 3.8) is 0 Å². The van der Waals surface area contributed by atoms with Gasteiger partial charge in [-0.25, -0.2) is 9.18 Å². The van der Waals surface area contributed by atoms with Gasteiger partial charge < -0.3 is 15.4 Å². The molecule has 6 heteroatoms. The zero-order valence-electron chi connectivity index (χ0n) is 15.7. The fourth-order valence-corrected chi connectivity index (χ4v) is 4.31. The normalized spacial score (nSPS) is 35.8. The fourth-order valence-electron chi connectivity index (χ4n) is 4.31. The number of rotatable bonds is 5. The molecule has 138 valence electrons. The summed E-state index contributed by atoms with van der Waals surface area (Å²) in [7, 11) is 0. The Morgan fingerprint density at radius 2 is 1.92 bits per heavy atom. The Labute approximate surface area is 144 Å². The van der Waals surface area contributed by atoms with E-state index in [-0.39, 0.29) is 17.7 Å². The van der Waals surface area contributed by atoms with Crippen LogP contribution in [0.3, 0.4) is 0 Å². The van der Waals surface area contributed by atoms with Crippen molar-refractivity contribution >= 4 is 12.0 Å². The molecule has 0 saturated heterocycles. The van der Waals surface area contributed by atoms with E-state index in [2.05, 4.69) is 10.6 Å². The number of amides is 2. The van der Waals surface area contributed by atoms with E-state index in [1.54, 1.807) is 27.7 Å². The van der Waals surface area contributed by atoms with Crippen molar-refractivity contribution in [2.45, 2.75) is 90.1 Å². The van der Waals surface area contributed by atoms with Crippen molar-refractivity contribution in [2.24, 2.45) is 11.8 Å². The molecule has 2 saturated carbocycles. The summed E-state index contributed by atoms with van der Waals surface area (Å²) in [6, 6.07) is -0.725. The van der Waals surface area contributed by atoms with E-state index in [9.17, 15) is 14.0 Å². The Balaban J connectivity index is 1.97. The summed E-state index contributed by atoms with van der Waals surface area (Å²) < 4.78 is 20.0. The third-order valence-electron chi connectivity index (χ3n) is 5.59. The van der Waals surface area contributed by atoms with Crippen molar-refractivity contribution in [1.82, 2.24) is 10.6 Å². The number of alkyl carbamates (subject to hydrolysis) is 1. The Morgan fingerprint density at radius 3 is 2.38 bits per heavy atom. The third kappa shape index (κ3) is 3.38. The van der Waals surface area contributed by atoms with E-state index in [0.717, 1.165) is 12.8 Å². The number of ether oxygens (including phenoxy) is 1. The van der Waals surface area contributed by atoms with Gasteiger partial charge in [0.15, 0.2) is 0 Å². The lowest BCUT2D eigenvalue weighted by atomic mass is 9.86. The molecule has 0 aromatic carbocycles. The van der Waals surface area contributed by atoms with Crippen LogP contribution in [0.5, 0.6) is 0 Å². The first-order valence-electron chi connectivity index (χ1n) is 8.99. The molecule has 0 heterocycles. The number of nitrogens with one attached hydrogen (secondary N) is 2. The maximum Gasteiger partial charge on any atom is 0.408 e. The summed E-state index contributed by atoms with van der Waals surface area (Å²) in [5.74, 6) is -0.316. The lowest BCUT2D eigenvalue weighted by Crippen LogP contribution is -2.56. The highest BCUT2D eigenvalue weighted by atomic mass is 19.1. The summed E-state index contributed by atoms with van der Waals surface area (Å²) in [4.78, 5) is 24.3. The van der Waals surface area contributed by atoms with Crippen LogP contribution in [0, 0.1) is 11.8 Å². The monoisotopic (exact) mass is 342 g/mol. The number of hydrogen-bond acceptors (Lipinski definition) is 3. The first kappa shape index (κ1) is 19.0. The topological polar surface area (TPSA) is 67.4 Å². The maximum atomic E-state index is 14.8. The van der Waals surface area contributed by atoms with Gasteiger partial charge in [-0.05, 0) is 53.4 Å². The highest BCUT2D eigenvalue weighted by Crippen LogP contribution is 2.69. The molecule has 0 bridgehead atoms. The molecule has 5 nitrogen and oxygen atoms in total. The predicted octanol–water partition coefficient (Wildman–Crippen LogP) is 3.32. The number of hydrogen-bond donors (Lipinski definition) is 2. The van der Waals surface area contributed by atoms with Crippen LogP contribution in [0.2, 0.25) is 0 Å². The van der Waals surface area contributed by atoms with Crippen LogP contribution in [-0.4, -0.2) is 34.9 Å². The van der Waals surface area contributed by atoms with Gasteiger partial charge in [-0.3, -0.25) is 4.79 Å². The van der Waals surface area contributed by atoms with Crippen LogP contribution in [0.1, 0.15) is 67.2 Å². The molecule has 0 aromatic rings. The molecule has 2 aliphatic rings. The Morgan fingerprint density at radius 1 is 1.29 bits per heavy atom. The van der Waals surface area contributed by atoms with Gasteiger partial charge in [-0.2, -0.15) is 0 Å². The number of carbonyl (C=O) groups is 2. The number of carbonyl (C=O) groups excluding carboxylic acids is 2. The van der Waals surface area contributed by atoms with Crippen molar-refractivity contribution in [2.75, 3.05) is 0 Å². The number of halogens is 1. The van der Waals surface area contributed by atoms with Gasteiger partial charge in [-0.1, -0.05) is 13.8 Å². The molecular formula is C18H31FN2O3. The zero-order chi connectivity index (χ0) is 18.3. The first-order valence-corrected chi connectivity index (χ1v) is 8.99. The highest BCUT2D eigenvalue weighted by molar-refractivity contribution is 5.86. The molecule has 2 N–H and O–H groups in total. The van der Waals surface area contributed by atoms with Gasteiger partial charge in [0.05, 0.1) is 0 Å². The average molecular weight is 342 g/mol. The second-order valence-electron chi connectivity index (χ2n) is 8.27. The number of alkyl halides is 1. The van der Waals surface area contributed by atoms with Crippen LogP contribution in [0.15, 0.2) is 0 Å². The van der Waals surface area contributed by atoms with E-state index in [0.29, 0.717) is 12.8 Å². The third-order valence-corrected chi connectivity index (χ3v) is 5.59. The van der Waals surface area contributed by atoms with E-state index < -0.39 is 28.9 Å². The van der Waals surface area contributed by atoms with Crippen LogP contribution < -0.4 is 10.6 Å². The summed E-state index contributed by atoms with van der Waals surface area (Å²) in [6.07, 6.45) is 2.18. The highest BCUT2D eigenvalue weighted by Gasteiger charge is 2.75. The molecule has 0 unspecified atom stereocenters. The first-order chi connectivity index (χ1) is 11.0. The van der Waals surface area contributed by atoms with Gasteiger partial charge in [0.2, 0.25) is 5.91 Å². The smallest absolute Gasteiger partial charge is 0.408 e. The maximum absolute atomic E-state index is 14.8. The second kappa shape index (κ2) is 6.19. The molecule has 2 amide bonds. The average Bonchev–Trinajstić information content (AvgIpc) is 2.87. The zero-order valence-corrected chi connectivity index (χ0v) is 15.7. The van der Waals surface area contributed by atoms with Gasteiger partial charge in [0.25, 0.3) is 0 Å². The summed E-state index contributed by atoms with van der Waals surface area (Å²) >= 11 is 0. The molecule has 5 atom stereocenters. The van der Waals surface area contributed by atoms with Gasteiger partial charge in [-0.15, -0.1) is 0 Å². The quantitative estimate of drug-likeness (QED) is 0.805. The largest absolute Gasteiger partial charge is 0.444 e. The summed E-state index contributed by atoms with van der Waals surface area (Å²) in [5.41, 5.74) is -2.24. The van der Waals surface area contributed by atoms with E-state index >= 15 is 0 Å². The van der Waals surface area contributed by atoms with E-state index in [1.807, 2.05) is 13.8 Å². The van der Waals surface area contributed by atoms with Crippen LogP contribution in [0.25, 0.3) is 0 Å². The summed E-state index contributed by atoms with van der Waals surface area (Å²) in [5, 5.41) is 5.59. The molecule has 2 fully saturated rings. The lowest BCUT2D eigenvalue weighted by molar-refractivity contribution is -0.125. The molecule has 0 spiro atoms. The minimum absolute atomic E-state index is 0.0665. The van der Waals surface area contributed by atoms with Crippen molar-refractivity contribution in [3.05, 3.63) is 0 Å². The Kier molecular flexibility index (Phi) is 4.90. The van der Waals surface area contributed by atoms with Gasteiger partial charge >= 0.3 is 6.09 Å². The molecule has 24 heavy (non-hydrogen) atoms. The van der Waals surface area contributed by atoms with Crippen molar-refractivity contribution < 1.29 is 18.7 Å². The van der Waals surface area contributed by atoms with E-state index in [4.69, 9.17) is 4.74 Å². The predicted molar refractivity (Wildman–Crippen MR) is 90.3 cm³/mol. The van der Waals surface area contributed by atoms with E-state index in [1.165, 1.54) is 0 Å². The van der Waals surface area contributed by atoms with Crippen molar-refractivity contribution in [3.8, 4) is 0 Å². The van der Waals surface area contributed by atoms with Crippen LogP contribution in [-0.2, 0) is 9.53 Å². The molecule has 2 aliphatic carbocycles. The summed E-state index contributed by atoms with van der Waals surface area (Å²) in [6.45, 7) is 10.8. The minimum Gasteiger partial charge on any atom is -0.444 e. The van der Waals surface area contributed by atoms with Crippen LogP contribution in [0.4, 0.5) is 9.18 Å². The van der Waals surface area contributed by atoms with Crippen LogP contribution >= 0.6 is 0 Å². The van der Waals surface area contributed by atoms with Crippen molar-refractivity contribution in [1.29, 1.82) is 0 Å². The molecule has 0 radical (unpaired) electrons. The second-order valence-corrected chi connectivity index (χ2v) is 8.27. The Hall–Kier alpha value is -1.33. The van der Waals surface area contributed by atoms with Gasteiger partial charge in [0.1, 0.15) is 17.3 Å². The molecule has 2 rings (SSSR count). The lowest BCUT2D eigenvalue weighted by Gasteiger charge is -2.34. The standard InChI is InChI=1S/C18H31FN2O3/c1-7-17(10-9-12-13(17)18(12,19)8-2)21-14(22)11(3)20-15(23)24-16(4,5)6/h11-13H,7-10H2,1-6H3,(H,20,23)(H,21,22)/t11-,12-,13-,17+,18-/m1/s1.